The number of ether oxygens (including phenoxy) is 1. The first kappa shape index (κ1) is 22.4. The summed E-state index contributed by atoms with van der Waals surface area (Å²) in [6.07, 6.45) is 0. The van der Waals surface area contributed by atoms with E-state index in [4.69, 9.17) is 4.74 Å². The van der Waals surface area contributed by atoms with Crippen molar-refractivity contribution in [1.82, 2.24) is 24.7 Å². The Bertz CT molecular complexity index is 1550. The summed E-state index contributed by atoms with van der Waals surface area (Å²) in [5.41, 5.74) is 2.29. The van der Waals surface area contributed by atoms with E-state index in [1.54, 1.807) is 41.0 Å². The first-order valence-corrected chi connectivity index (χ1v) is 11.6. The van der Waals surface area contributed by atoms with Crippen LogP contribution < -0.4 is 15.7 Å². The Balaban J connectivity index is 1.31. The van der Waals surface area contributed by atoms with Crippen LogP contribution in [-0.4, -0.2) is 36.4 Å². The van der Waals surface area contributed by atoms with Gasteiger partial charge in [-0.15, -0.1) is 10.2 Å². The van der Waals surface area contributed by atoms with E-state index >= 15 is 0 Å². The van der Waals surface area contributed by atoms with E-state index in [0.29, 0.717) is 27.7 Å². The number of benzene rings is 3. The zero-order valence-corrected chi connectivity index (χ0v) is 19.0. The fraction of sp³-hybridized carbons (Fsp3) is 0.0833. The van der Waals surface area contributed by atoms with E-state index in [1.807, 2.05) is 30.3 Å². The molecule has 0 spiro atoms. The Kier molecular flexibility index (Phi) is 6.31. The van der Waals surface area contributed by atoms with Gasteiger partial charge in [0.25, 0.3) is 0 Å². The van der Waals surface area contributed by atoms with E-state index in [2.05, 4.69) is 25.5 Å². The number of para-hydroxylation sites is 2. The molecule has 0 saturated heterocycles. The van der Waals surface area contributed by atoms with Gasteiger partial charge in [0.1, 0.15) is 6.61 Å². The minimum Gasteiger partial charge on any atom is -0.483 e. The Labute approximate surface area is 202 Å². The molecule has 0 radical (unpaired) electrons. The third-order valence-corrected chi connectivity index (χ3v) is 5.97. The topological polar surface area (TPSA) is 118 Å². The van der Waals surface area contributed by atoms with Gasteiger partial charge < -0.3 is 20.0 Å². The first-order valence-electron chi connectivity index (χ1n) is 10.6. The number of H-pyrrole nitrogens is 2. The summed E-state index contributed by atoms with van der Waals surface area (Å²) < 4.78 is 21.4. The molecule has 0 aliphatic carbocycles. The van der Waals surface area contributed by atoms with Crippen LogP contribution in [0.15, 0.2) is 82.7 Å². The number of fused-ring (bicyclic) bond motifs is 1. The molecule has 0 fully saturated rings. The van der Waals surface area contributed by atoms with Crippen LogP contribution in [0.4, 0.5) is 10.1 Å². The van der Waals surface area contributed by atoms with Crippen LogP contribution in [-0.2, 0) is 11.4 Å². The molecule has 0 aliphatic rings. The molecule has 3 aromatic carbocycles. The minimum absolute atomic E-state index is 0.00946. The van der Waals surface area contributed by atoms with Crippen molar-refractivity contribution in [2.24, 2.45) is 0 Å². The molecule has 0 unspecified atom stereocenters. The lowest BCUT2D eigenvalue weighted by Gasteiger charge is -2.11. The molecule has 5 aromatic rings. The van der Waals surface area contributed by atoms with E-state index in [1.165, 1.54) is 17.8 Å². The first-order chi connectivity index (χ1) is 17.1. The number of nitrogens with one attached hydrogen (secondary N) is 3. The third-order valence-electron chi connectivity index (χ3n) is 5.04. The molecule has 0 bridgehead atoms. The highest BCUT2D eigenvalue weighted by atomic mass is 32.2. The highest BCUT2D eigenvalue weighted by Crippen LogP contribution is 2.24. The Hall–Kier alpha value is -4.38. The number of imidazole rings is 1. The number of carbonyl (C=O) groups excluding carboxylic acids is 1. The maximum atomic E-state index is 14.0. The monoisotopic (exact) mass is 490 g/mol. The Morgan fingerprint density at radius 2 is 1.77 bits per heavy atom. The summed E-state index contributed by atoms with van der Waals surface area (Å²) in [5, 5.41) is 11.7. The van der Waals surface area contributed by atoms with Crippen LogP contribution in [0.1, 0.15) is 5.82 Å². The van der Waals surface area contributed by atoms with Crippen LogP contribution in [0.3, 0.4) is 0 Å². The number of halogens is 1. The van der Waals surface area contributed by atoms with Gasteiger partial charge in [0.2, 0.25) is 5.91 Å². The molecule has 0 saturated carbocycles. The van der Waals surface area contributed by atoms with Crippen molar-refractivity contribution in [3.8, 4) is 11.4 Å². The van der Waals surface area contributed by atoms with Gasteiger partial charge in [0.05, 0.1) is 16.8 Å². The summed E-state index contributed by atoms with van der Waals surface area (Å²) in [4.78, 5) is 29.3. The number of amides is 1. The number of aromatic nitrogens is 5. The predicted molar refractivity (Wildman–Crippen MR) is 130 cm³/mol. The minimum atomic E-state index is -0.466. The van der Waals surface area contributed by atoms with Crippen molar-refractivity contribution in [2.75, 3.05) is 11.1 Å². The molecule has 3 N–H and O–H groups in total. The van der Waals surface area contributed by atoms with Crippen LogP contribution in [0.2, 0.25) is 0 Å². The maximum absolute atomic E-state index is 14.0. The van der Waals surface area contributed by atoms with E-state index in [0.717, 1.165) is 5.69 Å². The summed E-state index contributed by atoms with van der Waals surface area (Å²) in [6, 6.07) is 20.6. The van der Waals surface area contributed by atoms with Crippen molar-refractivity contribution in [3.63, 3.8) is 0 Å². The molecule has 1 amide bonds. The lowest BCUT2D eigenvalue weighted by molar-refractivity contribution is -0.113. The van der Waals surface area contributed by atoms with E-state index < -0.39 is 5.82 Å². The molecule has 5 rings (SSSR count). The number of carbonyl (C=O) groups is 1. The van der Waals surface area contributed by atoms with Crippen molar-refractivity contribution in [2.45, 2.75) is 11.8 Å². The molecule has 2 heterocycles. The number of hydrogen-bond donors (Lipinski definition) is 3. The Morgan fingerprint density at radius 1 is 1.00 bits per heavy atom. The second kappa shape index (κ2) is 9.85. The van der Waals surface area contributed by atoms with Gasteiger partial charge in [-0.2, -0.15) is 0 Å². The summed E-state index contributed by atoms with van der Waals surface area (Å²) in [7, 11) is 0. The summed E-state index contributed by atoms with van der Waals surface area (Å²) in [6.45, 7) is -0.00946. The Morgan fingerprint density at radius 3 is 2.60 bits per heavy atom. The van der Waals surface area contributed by atoms with Crippen LogP contribution >= 0.6 is 11.8 Å². The largest absolute Gasteiger partial charge is 0.483 e. The van der Waals surface area contributed by atoms with Crippen molar-refractivity contribution < 1.29 is 13.9 Å². The second-order valence-corrected chi connectivity index (χ2v) is 8.41. The van der Waals surface area contributed by atoms with Crippen molar-refractivity contribution >= 4 is 34.4 Å². The number of aromatic amines is 2. The van der Waals surface area contributed by atoms with Crippen molar-refractivity contribution in [3.05, 3.63) is 94.9 Å². The van der Waals surface area contributed by atoms with Gasteiger partial charge in [-0.3, -0.25) is 9.36 Å². The fourth-order valence-corrected chi connectivity index (χ4v) is 4.24. The zero-order valence-electron chi connectivity index (χ0n) is 18.2. The quantitative estimate of drug-likeness (QED) is 0.284. The zero-order chi connectivity index (χ0) is 24.2. The lowest BCUT2D eigenvalue weighted by Crippen LogP contribution is -2.14. The van der Waals surface area contributed by atoms with Crippen LogP contribution in [0.5, 0.6) is 5.75 Å². The van der Waals surface area contributed by atoms with Gasteiger partial charge in [-0.1, -0.05) is 42.1 Å². The molecule has 9 nitrogen and oxygen atoms in total. The van der Waals surface area contributed by atoms with Gasteiger partial charge in [0.15, 0.2) is 22.5 Å². The van der Waals surface area contributed by atoms with E-state index in [9.17, 15) is 14.0 Å². The van der Waals surface area contributed by atoms with Gasteiger partial charge in [-0.05, 0) is 42.5 Å². The summed E-state index contributed by atoms with van der Waals surface area (Å²) in [5.74, 6) is -0.0695. The molecular formula is C24H19FN6O3S. The molecule has 11 heteroatoms. The van der Waals surface area contributed by atoms with Crippen molar-refractivity contribution in [1.29, 1.82) is 0 Å². The molecule has 176 valence electrons. The molecular weight excluding hydrogens is 471 g/mol. The molecule has 35 heavy (non-hydrogen) atoms. The van der Waals surface area contributed by atoms with Gasteiger partial charge >= 0.3 is 5.69 Å². The predicted octanol–water partition coefficient (Wildman–Crippen LogP) is 3.89. The fourth-order valence-electron chi connectivity index (χ4n) is 3.47. The standard InChI is InChI=1S/C24H19FN6O3S/c25-17-8-4-5-9-20(17)34-13-21-29-30-24(31(21)16-6-2-1-3-7-16)35-14-22(32)26-15-10-11-18-19(12-15)28-23(33)27-18/h1-12H,13-14H2,(H,26,32)(H2,27,28,33). The molecule has 0 aliphatic heterocycles. The average Bonchev–Trinajstić information content (AvgIpc) is 3.44. The maximum Gasteiger partial charge on any atom is 0.323 e. The number of thioether (sulfide) groups is 1. The number of hydrogen-bond acceptors (Lipinski definition) is 6. The second-order valence-electron chi connectivity index (χ2n) is 7.47. The lowest BCUT2D eigenvalue weighted by atomic mass is 10.3. The van der Waals surface area contributed by atoms with Crippen LogP contribution in [0.25, 0.3) is 16.7 Å². The summed E-state index contributed by atoms with van der Waals surface area (Å²) >= 11 is 1.21. The normalized spacial score (nSPS) is 11.0. The molecule has 2 aromatic heterocycles. The SMILES string of the molecule is O=C(CSc1nnc(COc2ccccc2F)n1-c1ccccc1)Nc1ccc2[nH]c(=O)[nH]c2c1. The highest BCUT2D eigenvalue weighted by molar-refractivity contribution is 7.99. The van der Waals surface area contributed by atoms with Crippen LogP contribution in [0, 0.1) is 5.82 Å². The molecule has 0 atom stereocenters. The van der Waals surface area contributed by atoms with Gasteiger partial charge in [0, 0.05) is 11.4 Å². The number of rotatable bonds is 8. The number of anilines is 1. The smallest absolute Gasteiger partial charge is 0.323 e. The third kappa shape index (κ3) is 5.09. The van der Waals surface area contributed by atoms with Gasteiger partial charge in [-0.25, -0.2) is 9.18 Å². The highest BCUT2D eigenvalue weighted by Gasteiger charge is 2.17. The number of nitrogens with zero attached hydrogens (tertiary/aromatic N) is 3. The average molecular weight is 491 g/mol. The van der Waals surface area contributed by atoms with E-state index in [-0.39, 0.29) is 29.7 Å².